The highest BCUT2D eigenvalue weighted by molar-refractivity contribution is 7.12. The monoisotopic (exact) mass is 302 g/mol. The maximum Gasteiger partial charge on any atom is 0.265 e. The van der Waals surface area contributed by atoms with Crippen LogP contribution in [0, 0.1) is 17.8 Å². The second kappa shape index (κ2) is 6.64. The van der Waals surface area contributed by atoms with Crippen LogP contribution in [0.3, 0.4) is 0 Å². The van der Waals surface area contributed by atoms with E-state index < -0.39 is 0 Å². The predicted octanol–water partition coefficient (Wildman–Crippen LogP) is 2.85. The van der Waals surface area contributed by atoms with Crippen molar-refractivity contribution >= 4 is 17.2 Å². The normalized spacial score (nSPS) is 22.3. The molecule has 1 aromatic heterocycles. The van der Waals surface area contributed by atoms with E-state index in [9.17, 15) is 4.79 Å². The average molecular weight is 302 g/mol. The van der Waals surface area contributed by atoms with Crippen molar-refractivity contribution in [1.82, 2.24) is 4.90 Å². The Hall–Kier alpha value is -1.31. The summed E-state index contributed by atoms with van der Waals surface area (Å²) >= 11 is 1.50. The van der Waals surface area contributed by atoms with Crippen LogP contribution in [0.15, 0.2) is 11.4 Å². The van der Waals surface area contributed by atoms with Gasteiger partial charge < -0.3 is 10.6 Å². The number of thiophene rings is 1. The van der Waals surface area contributed by atoms with Crippen LogP contribution >= 0.6 is 11.3 Å². The first kappa shape index (κ1) is 14.6. The zero-order chi connectivity index (χ0) is 14.7. The van der Waals surface area contributed by atoms with Gasteiger partial charge >= 0.3 is 0 Å². The summed E-state index contributed by atoms with van der Waals surface area (Å²) < 4.78 is 0. The molecule has 1 aromatic rings. The molecule has 0 radical (unpaired) electrons. The Balaban J connectivity index is 1.79. The van der Waals surface area contributed by atoms with Crippen LogP contribution in [0.4, 0.5) is 0 Å². The van der Waals surface area contributed by atoms with Crippen LogP contribution in [-0.4, -0.2) is 29.9 Å². The Kier molecular flexibility index (Phi) is 4.62. The molecule has 2 N–H and O–H groups in total. The van der Waals surface area contributed by atoms with Gasteiger partial charge in [0.15, 0.2) is 0 Å². The number of rotatable bonds is 2. The van der Waals surface area contributed by atoms with Crippen LogP contribution in [0.1, 0.15) is 53.8 Å². The lowest BCUT2D eigenvalue weighted by molar-refractivity contribution is 0.0694. The van der Waals surface area contributed by atoms with Gasteiger partial charge in [-0.2, -0.15) is 0 Å². The number of hydrogen-bond acceptors (Lipinski definition) is 3. The summed E-state index contributed by atoms with van der Waals surface area (Å²) in [5.41, 5.74) is 6.27. The molecule has 1 aliphatic carbocycles. The van der Waals surface area contributed by atoms with Crippen molar-refractivity contribution in [2.24, 2.45) is 11.7 Å². The maximum atomic E-state index is 12.9. The molecule has 0 bridgehead atoms. The van der Waals surface area contributed by atoms with E-state index >= 15 is 0 Å². The molecule has 2 heterocycles. The van der Waals surface area contributed by atoms with Gasteiger partial charge in [0.1, 0.15) is 4.88 Å². The Morgan fingerprint density at radius 2 is 2.14 bits per heavy atom. The largest absolute Gasteiger partial charge is 0.335 e. The first-order chi connectivity index (χ1) is 10.3. The van der Waals surface area contributed by atoms with Gasteiger partial charge in [0.2, 0.25) is 0 Å². The van der Waals surface area contributed by atoms with Crippen LogP contribution in [0.2, 0.25) is 0 Å². The number of amides is 1. The SMILES string of the molecule is NCC#Cc1ccsc1C(=O)N1CCCC1C1CCCC1. The van der Waals surface area contributed by atoms with E-state index in [4.69, 9.17) is 5.73 Å². The van der Waals surface area contributed by atoms with E-state index in [-0.39, 0.29) is 5.91 Å². The molecular formula is C17H22N2OS. The van der Waals surface area contributed by atoms with Crippen molar-refractivity contribution in [3.05, 3.63) is 21.9 Å². The highest BCUT2D eigenvalue weighted by atomic mass is 32.1. The predicted molar refractivity (Wildman–Crippen MR) is 86.3 cm³/mol. The number of carbonyl (C=O) groups is 1. The van der Waals surface area contributed by atoms with Gasteiger partial charge in [-0.3, -0.25) is 4.79 Å². The average Bonchev–Trinajstić information content (AvgIpc) is 3.23. The van der Waals surface area contributed by atoms with Crippen LogP contribution in [0.5, 0.6) is 0 Å². The summed E-state index contributed by atoms with van der Waals surface area (Å²) in [5, 5.41) is 1.95. The molecule has 112 valence electrons. The molecule has 1 amide bonds. The first-order valence-corrected chi connectivity index (χ1v) is 8.76. The van der Waals surface area contributed by atoms with Gasteiger partial charge in [-0.1, -0.05) is 24.7 Å². The lowest BCUT2D eigenvalue weighted by Crippen LogP contribution is -2.39. The van der Waals surface area contributed by atoms with Crippen molar-refractivity contribution in [3.8, 4) is 11.8 Å². The van der Waals surface area contributed by atoms with E-state index in [0.29, 0.717) is 12.6 Å². The zero-order valence-corrected chi connectivity index (χ0v) is 13.1. The summed E-state index contributed by atoms with van der Waals surface area (Å²) in [6.07, 6.45) is 7.55. The highest BCUT2D eigenvalue weighted by Crippen LogP contribution is 2.36. The van der Waals surface area contributed by atoms with Crippen molar-refractivity contribution in [2.45, 2.75) is 44.6 Å². The third-order valence-corrected chi connectivity index (χ3v) is 5.59. The summed E-state index contributed by atoms with van der Waals surface area (Å²) in [7, 11) is 0. The number of nitrogens with two attached hydrogens (primary N) is 1. The summed E-state index contributed by atoms with van der Waals surface area (Å²) in [6, 6.07) is 2.39. The molecule has 0 aromatic carbocycles. The summed E-state index contributed by atoms with van der Waals surface area (Å²) in [4.78, 5) is 15.8. The molecule has 1 unspecified atom stereocenters. The third kappa shape index (κ3) is 3.00. The molecule has 3 rings (SSSR count). The summed E-state index contributed by atoms with van der Waals surface area (Å²) in [5.74, 6) is 6.78. The lowest BCUT2D eigenvalue weighted by atomic mass is 9.96. The molecule has 1 atom stereocenters. The van der Waals surface area contributed by atoms with Crippen molar-refractivity contribution in [3.63, 3.8) is 0 Å². The number of hydrogen-bond donors (Lipinski definition) is 1. The van der Waals surface area contributed by atoms with Crippen molar-refractivity contribution in [2.75, 3.05) is 13.1 Å². The van der Waals surface area contributed by atoms with Crippen molar-refractivity contribution in [1.29, 1.82) is 0 Å². The van der Waals surface area contributed by atoms with Gasteiger partial charge in [0, 0.05) is 18.2 Å². The maximum absolute atomic E-state index is 12.9. The Morgan fingerprint density at radius 3 is 2.90 bits per heavy atom. The fourth-order valence-electron chi connectivity index (χ4n) is 3.73. The molecule has 3 nitrogen and oxygen atoms in total. The highest BCUT2D eigenvalue weighted by Gasteiger charge is 2.36. The van der Waals surface area contributed by atoms with Gasteiger partial charge in [0.25, 0.3) is 5.91 Å². The van der Waals surface area contributed by atoms with Gasteiger partial charge in [-0.15, -0.1) is 11.3 Å². The second-order valence-electron chi connectivity index (χ2n) is 5.92. The van der Waals surface area contributed by atoms with Gasteiger partial charge in [-0.25, -0.2) is 0 Å². The minimum Gasteiger partial charge on any atom is -0.335 e. The number of likely N-dealkylation sites (tertiary alicyclic amines) is 1. The number of carbonyl (C=O) groups excluding carboxylic acids is 1. The Bertz CT molecular complexity index is 563. The third-order valence-electron chi connectivity index (χ3n) is 4.69. The van der Waals surface area contributed by atoms with E-state index in [1.165, 1.54) is 43.4 Å². The molecule has 1 saturated carbocycles. The quantitative estimate of drug-likeness (QED) is 0.854. The van der Waals surface area contributed by atoms with Gasteiger partial charge in [-0.05, 0) is 43.0 Å². The second-order valence-corrected chi connectivity index (χ2v) is 6.84. The fraction of sp³-hybridized carbons (Fsp3) is 0.588. The fourth-order valence-corrected chi connectivity index (χ4v) is 4.53. The topological polar surface area (TPSA) is 46.3 Å². The molecule has 2 aliphatic rings. The van der Waals surface area contributed by atoms with Gasteiger partial charge in [0.05, 0.1) is 6.54 Å². The minimum absolute atomic E-state index is 0.181. The summed E-state index contributed by atoms with van der Waals surface area (Å²) in [6.45, 7) is 1.24. The van der Waals surface area contributed by atoms with E-state index in [1.54, 1.807) is 0 Å². The van der Waals surface area contributed by atoms with E-state index in [1.807, 2.05) is 11.4 Å². The Labute approximate surface area is 130 Å². The molecule has 0 spiro atoms. The van der Waals surface area contributed by atoms with Crippen LogP contribution in [0.25, 0.3) is 0 Å². The lowest BCUT2D eigenvalue weighted by Gasteiger charge is -2.29. The molecule has 1 aliphatic heterocycles. The molecule has 4 heteroatoms. The van der Waals surface area contributed by atoms with Crippen LogP contribution < -0.4 is 5.73 Å². The number of nitrogens with zero attached hydrogens (tertiary/aromatic N) is 1. The van der Waals surface area contributed by atoms with Crippen LogP contribution in [-0.2, 0) is 0 Å². The first-order valence-electron chi connectivity index (χ1n) is 7.88. The minimum atomic E-state index is 0.181. The van der Waals surface area contributed by atoms with E-state index in [0.717, 1.165) is 29.3 Å². The molecular weight excluding hydrogens is 280 g/mol. The van der Waals surface area contributed by atoms with Crippen molar-refractivity contribution < 1.29 is 4.79 Å². The molecule has 2 fully saturated rings. The molecule has 21 heavy (non-hydrogen) atoms. The van der Waals surface area contributed by atoms with E-state index in [2.05, 4.69) is 16.7 Å². The zero-order valence-electron chi connectivity index (χ0n) is 12.3. The standard InChI is InChI=1S/C17H22N2OS/c18-10-3-7-14-9-12-21-16(14)17(20)19-11-4-8-15(19)13-5-1-2-6-13/h9,12-13,15H,1-2,4-6,8,10-11,18H2. The molecule has 1 saturated heterocycles. The smallest absolute Gasteiger partial charge is 0.265 e. The Morgan fingerprint density at radius 1 is 1.33 bits per heavy atom.